The Bertz CT molecular complexity index is 825. The molecule has 146 valence electrons. The lowest BCUT2D eigenvalue weighted by atomic mass is 9.75. The Morgan fingerprint density at radius 3 is 2.21 bits per heavy atom. The van der Waals surface area contributed by atoms with E-state index < -0.39 is 11.5 Å². The molecule has 3 heteroatoms. The van der Waals surface area contributed by atoms with Crippen molar-refractivity contribution in [3.05, 3.63) is 71.8 Å². The molecule has 3 atom stereocenters. The molecule has 28 heavy (non-hydrogen) atoms. The molecule has 1 aliphatic heterocycles. The maximum Gasteiger partial charge on any atom is 0.318 e. The maximum absolute atomic E-state index is 13.7. The van der Waals surface area contributed by atoms with Gasteiger partial charge in [-0.1, -0.05) is 74.0 Å². The number of hydrogen-bond donors (Lipinski definition) is 0. The zero-order chi connectivity index (χ0) is 19.6. The highest BCUT2D eigenvalue weighted by Crippen LogP contribution is 2.51. The number of carbonyl (C=O) groups is 2. The van der Waals surface area contributed by atoms with Crippen molar-refractivity contribution in [2.75, 3.05) is 0 Å². The highest BCUT2D eigenvalue weighted by atomic mass is 16.6. The molecular formula is C25H28O3. The number of aryl methyl sites for hydroxylation is 1. The van der Waals surface area contributed by atoms with E-state index in [0.717, 1.165) is 31.2 Å². The third-order valence-electron chi connectivity index (χ3n) is 6.27. The Morgan fingerprint density at radius 2 is 1.61 bits per heavy atom. The van der Waals surface area contributed by atoms with Gasteiger partial charge in [0.1, 0.15) is 5.92 Å². The van der Waals surface area contributed by atoms with Gasteiger partial charge in [-0.05, 0) is 49.1 Å². The van der Waals surface area contributed by atoms with Crippen molar-refractivity contribution in [1.82, 2.24) is 0 Å². The van der Waals surface area contributed by atoms with Crippen LogP contribution in [0.15, 0.2) is 60.7 Å². The summed E-state index contributed by atoms with van der Waals surface area (Å²) in [4.78, 5) is 26.6. The summed E-state index contributed by atoms with van der Waals surface area (Å²) in [5, 5.41) is 0. The smallest absolute Gasteiger partial charge is 0.318 e. The normalized spacial score (nSPS) is 25.5. The Hall–Kier alpha value is -2.42. The minimum atomic E-state index is -0.964. The van der Waals surface area contributed by atoms with E-state index in [1.807, 2.05) is 55.5 Å². The molecule has 2 aliphatic rings. The van der Waals surface area contributed by atoms with E-state index in [0.29, 0.717) is 18.8 Å². The quantitative estimate of drug-likeness (QED) is 0.476. The van der Waals surface area contributed by atoms with Crippen LogP contribution in [0, 0.1) is 11.8 Å². The van der Waals surface area contributed by atoms with E-state index in [1.165, 1.54) is 5.56 Å². The van der Waals surface area contributed by atoms with E-state index in [2.05, 4.69) is 12.1 Å². The second-order valence-corrected chi connectivity index (χ2v) is 8.27. The van der Waals surface area contributed by atoms with Crippen LogP contribution in [0.1, 0.15) is 56.1 Å². The third-order valence-corrected chi connectivity index (χ3v) is 6.27. The van der Waals surface area contributed by atoms with Gasteiger partial charge in [-0.15, -0.1) is 0 Å². The minimum Gasteiger partial charge on any atom is -0.450 e. The van der Waals surface area contributed by atoms with Gasteiger partial charge in [-0.2, -0.15) is 0 Å². The van der Waals surface area contributed by atoms with Crippen LogP contribution in [0.25, 0.3) is 0 Å². The van der Waals surface area contributed by atoms with Gasteiger partial charge in [0.25, 0.3) is 0 Å². The Kier molecular flexibility index (Phi) is 5.34. The number of hydrogen-bond acceptors (Lipinski definition) is 3. The molecule has 3 unspecified atom stereocenters. The van der Waals surface area contributed by atoms with Crippen LogP contribution >= 0.6 is 0 Å². The van der Waals surface area contributed by atoms with Crippen molar-refractivity contribution in [2.45, 2.75) is 57.0 Å². The molecule has 0 aromatic heterocycles. The highest BCUT2D eigenvalue weighted by Gasteiger charge is 2.58. The third kappa shape index (κ3) is 3.63. The number of ether oxygens (including phenoxy) is 1. The molecule has 1 saturated heterocycles. The Labute approximate surface area is 167 Å². The summed E-state index contributed by atoms with van der Waals surface area (Å²) >= 11 is 0. The molecule has 0 radical (unpaired) electrons. The number of benzene rings is 2. The van der Waals surface area contributed by atoms with Crippen molar-refractivity contribution in [1.29, 1.82) is 0 Å². The molecule has 3 nitrogen and oxygen atoms in total. The van der Waals surface area contributed by atoms with Crippen LogP contribution in [-0.2, 0) is 20.7 Å². The lowest BCUT2D eigenvalue weighted by molar-refractivity contribution is -0.154. The van der Waals surface area contributed by atoms with Crippen LogP contribution in [0.4, 0.5) is 0 Å². The molecule has 4 rings (SSSR count). The number of Topliss-reactive ketones (excluding diaryl/α,β-unsaturated/α-hetero) is 1. The molecular weight excluding hydrogens is 348 g/mol. The van der Waals surface area contributed by atoms with Gasteiger partial charge < -0.3 is 4.74 Å². The van der Waals surface area contributed by atoms with Gasteiger partial charge in [0.05, 0.1) is 0 Å². The largest absolute Gasteiger partial charge is 0.450 e. The number of cyclic esters (lactones) is 1. The number of carbonyl (C=O) groups excluding carboxylic acids is 2. The van der Waals surface area contributed by atoms with Gasteiger partial charge in [0.2, 0.25) is 0 Å². The summed E-state index contributed by atoms with van der Waals surface area (Å²) in [6, 6.07) is 20.2. The average molecular weight is 376 g/mol. The summed E-state index contributed by atoms with van der Waals surface area (Å²) in [5.74, 6) is -0.590. The van der Waals surface area contributed by atoms with Crippen LogP contribution < -0.4 is 0 Å². The van der Waals surface area contributed by atoms with Gasteiger partial charge in [-0.25, -0.2) is 0 Å². The summed E-state index contributed by atoms with van der Waals surface area (Å²) < 4.78 is 5.93. The van der Waals surface area contributed by atoms with Gasteiger partial charge in [0, 0.05) is 5.92 Å². The van der Waals surface area contributed by atoms with Crippen LogP contribution in [-0.4, -0.2) is 17.4 Å². The van der Waals surface area contributed by atoms with Crippen molar-refractivity contribution >= 4 is 11.8 Å². The summed E-state index contributed by atoms with van der Waals surface area (Å²) in [7, 11) is 0. The van der Waals surface area contributed by atoms with E-state index in [-0.39, 0.29) is 17.7 Å². The van der Waals surface area contributed by atoms with Crippen molar-refractivity contribution < 1.29 is 14.3 Å². The van der Waals surface area contributed by atoms with Crippen LogP contribution in [0.5, 0.6) is 0 Å². The van der Waals surface area contributed by atoms with Crippen LogP contribution in [0.2, 0.25) is 0 Å². The van der Waals surface area contributed by atoms with Gasteiger partial charge in [-0.3, -0.25) is 9.59 Å². The van der Waals surface area contributed by atoms with E-state index in [9.17, 15) is 9.59 Å². The molecule has 0 amide bonds. The first-order valence-corrected chi connectivity index (χ1v) is 10.5. The minimum absolute atomic E-state index is 0.0102. The standard InChI is InChI=1S/C25H28O3/c1-2-16-25(17-15-18-9-5-3-6-10-18)23(26)22(24(27)28-25)21(20-13-14-20)19-11-7-4-8-12-19/h3-12,20-22H,2,13-17H2,1H3. The van der Waals surface area contributed by atoms with Crippen molar-refractivity contribution in [2.24, 2.45) is 11.8 Å². The molecule has 1 heterocycles. The average Bonchev–Trinajstić information content (AvgIpc) is 3.52. The second kappa shape index (κ2) is 7.90. The monoisotopic (exact) mass is 376 g/mol. The zero-order valence-corrected chi connectivity index (χ0v) is 16.5. The zero-order valence-electron chi connectivity index (χ0n) is 16.5. The molecule has 1 saturated carbocycles. The molecule has 0 bridgehead atoms. The molecule has 2 fully saturated rings. The van der Waals surface area contributed by atoms with Crippen molar-refractivity contribution in [3.8, 4) is 0 Å². The fourth-order valence-electron chi connectivity index (χ4n) is 4.74. The maximum atomic E-state index is 13.7. The van der Waals surface area contributed by atoms with Crippen molar-refractivity contribution in [3.63, 3.8) is 0 Å². The molecule has 1 aliphatic carbocycles. The Balaban J connectivity index is 1.61. The second-order valence-electron chi connectivity index (χ2n) is 8.27. The summed E-state index contributed by atoms with van der Waals surface area (Å²) in [5.41, 5.74) is 1.30. The first-order chi connectivity index (χ1) is 13.6. The number of esters is 1. The number of ketones is 1. The Morgan fingerprint density at radius 1 is 0.964 bits per heavy atom. The topological polar surface area (TPSA) is 43.4 Å². The summed E-state index contributed by atoms with van der Waals surface area (Å²) in [6.45, 7) is 2.05. The van der Waals surface area contributed by atoms with E-state index in [1.54, 1.807) is 0 Å². The lowest BCUT2D eigenvalue weighted by Crippen LogP contribution is -2.39. The fourth-order valence-corrected chi connectivity index (χ4v) is 4.74. The van der Waals surface area contributed by atoms with Gasteiger partial charge in [0.15, 0.2) is 11.4 Å². The predicted molar refractivity (Wildman–Crippen MR) is 109 cm³/mol. The first-order valence-electron chi connectivity index (χ1n) is 10.5. The van der Waals surface area contributed by atoms with Crippen LogP contribution in [0.3, 0.4) is 0 Å². The first kappa shape index (κ1) is 18.9. The van der Waals surface area contributed by atoms with E-state index >= 15 is 0 Å². The van der Waals surface area contributed by atoms with Gasteiger partial charge >= 0.3 is 5.97 Å². The fraction of sp³-hybridized carbons (Fsp3) is 0.440. The predicted octanol–water partition coefficient (Wildman–Crippen LogP) is 5.09. The highest BCUT2D eigenvalue weighted by molar-refractivity contribution is 6.10. The molecule has 2 aromatic carbocycles. The SMILES string of the molecule is CCCC1(CCc2ccccc2)OC(=O)C(C(c2ccccc2)C2CC2)C1=O. The molecule has 0 N–H and O–H groups in total. The number of rotatable bonds is 8. The molecule has 2 aromatic rings. The molecule has 0 spiro atoms. The lowest BCUT2D eigenvalue weighted by Gasteiger charge is -2.27. The van der Waals surface area contributed by atoms with E-state index in [4.69, 9.17) is 4.74 Å². The summed E-state index contributed by atoms with van der Waals surface area (Å²) in [6.07, 6.45) is 4.90.